The molecule has 0 saturated carbocycles. The molecular weight excluding hydrogens is 178 g/mol. The Hall–Kier alpha value is -0.700. The van der Waals surface area contributed by atoms with Crippen molar-refractivity contribution in [2.75, 3.05) is 33.4 Å². The molecule has 82 valence electrons. The Kier molecular flexibility index (Phi) is 4.26. The minimum atomic E-state index is 0.473. The number of methoxy groups -OCH3 is 1. The molecule has 1 aliphatic heterocycles. The van der Waals surface area contributed by atoms with Crippen LogP contribution in [0.5, 0.6) is 0 Å². The molecule has 0 aromatic rings. The molecule has 1 aliphatic rings. The zero-order valence-electron chi connectivity index (χ0n) is 9.67. The first-order valence-electron chi connectivity index (χ1n) is 5.24. The van der Waals surface area contributed by atoms with Crippen molar-refractivity contribution in [3.63, 3.8) is 0 Å². The Morgan fingerprint density at radius 3 is 2.79 bits per heavy atom. The predicted molar refractivity (Wildman–Crippen MR) is 56.9 cm³/mol. The summed E-state index contributed by atoms with van der Waals surface area (Å²) in [6.07, 6.45) is 0. The van der Waals surface area contributed by atoms with Crippen molar-refractivity contribution in [1.82, 2.24) is 4.90 Å². The molecule has 0 aromatic heterocycles. The lowest BCUT2D eigenvalue weighted by atomic mass is 10.1. The third kappa shape index (κ3) is 2.64. The third-order valence-corrected chi connectivity index (χ3v) is 2.54. The van der Waals surface area contributed by atoms with Gasteiger partial charge in [-0.25, -0.2) is 0 Å². The molecule has 0 N–H and O–H groups in total. The van der Waals surface area contributed by atoms with E-state index in [0.29, 0.717) is 5.92 Å². The molecule has 3 heteroatoms. The van der Waals surface area contributed by atoms with E-state index in [1.807, 2.05) is 0 Å². The Morgan fingerprint density at radius 1 is 1.50 bits per heavy atom. The first-order valence-corrected chi connectivity index (χ1v) is 5.24. The molecule has 0 aliphatic carbocycles. The maximum atomic E-state index is 5.66. The van der Waals surface area contributed by atoms with Crippen LogP contribution in [0.15, 0.2) is 11.5 Å². The smallest absolute Gasteiger partial charge is 0.117 e. The molecule has 3 nitrogen and oxygen atoms in total. The van der Waals surface area contributed by atoms with E-state index < -0.39 is 0 Å². The van der Waals surface area contributed by atoms with Crippen LogP contribution in [-0.2, 0) is 9.47 Å². The molecule has 1 rings (SSSR count). The lowest BCUT2D eigenvalue weighted by Crippen LogP contribution is -2.34. The summed E-state index contributed by atoms with van der Waals surface area (Å²) in [6, 6.07) is 0. The topological polar surface area (TPSA) is 21.7 Å². The van der Waals surface area contributed by atoms with Gasteiger partial charge in [0.1, 0.15) is 12.4 Å². The molecule has 0 bridgehead atoms. The number of hydrogen-bond donors (Lipinski definition) is 0. The summed E-state index contributed by atoms with van der Waals surface area (Å²) in [6.45, 7) is 9.98. The number of allylic oxidation sites excluding steroid dienone is 2. The van der Waals surface area contributed by atoms with Crippen molar-refractivity contribution in [2.24, 2.45) is 5.92 Å². The molecule has 14 heavy (non-hydrogen) atoms. The van der Waals surface area contributed by atoms with Gasteiger partial charge in [0.2, 0.25) is 0 Å². The third-order valence-electron chi connectivity index (χ3n) is 2.54. The first kappa shape index (κ1) is 11.4. The van der Waals surface area contributed by atoms with Gasteiger partial charge < -0.3 is 14.4 Å². The monoisotopic (exact) mass is 199 g/mol. The molecule has 0 radical (unpaired) electrons. The highest BCUT2D eigenvalue weighted by Gasteiger charge is 2.19. The van der Waals surface area contributed by atoms with E-state index in [2.05, 4.69) is 25.7 Å². The zero-order chi connectivity index (χ0) is 10.6. The van der Waals surface area contributed by atoms with E-state index in [1.165, 1.54) is 5.70 Å². The van der Waals surface area contributed by atoms with Crippen LogP contribution in [-0.4, -0.2) is 38.3 Å². The molecule has 0 atom stereocenters. The molecule has 1 heterocycles. The summed E-state index contributed by atoms with van der Waals surface area (Å²) in [5.41, 5.74) is 1.27. The number of rotatable bonds is 4. The SMILES string of the molecule is COCCN1CCOC(C(C)C)=C1C. The van der Waals surface area contributed by atoms with Crippen molar-refractivity contribution in [1.29, 1.82) is 0 Å². The van der Waals surface area contributed by atoms with Crippen molar-refractivity contribution in [2.45, 2.75) is 20.8 Å². The highest BCUT2D eigenvalue weighted by atomic mass is 16.5. The second kappa shape index (κ2) is 5.25. The van der Waals surface area contributed by atoms with E-state index in [1.54, 1.807) is 7.11 Å². The lowest BCUT2D eigenvalue weighted by Gasteiger charge is -2.33. The van der Waals surface area contributed by atoms with Crippen LogP contribution in [0.2, 0.25) is 0 Å². The standard InChI is InChI=1S/C11H21NO2/c1-9(2)11-10(3)12(5-7-13-4)6-8-14-11/h9H,5-8H2,1-4H3. The minimum absolute atomic E-state index is 0.473. The summed E-state index contributed by atoms with van der Waals surface area (Å²) in [7, 11) is 1.74. The van der Waals surface area contributed by atoms with Crippen molar-refractivity contribution < 1.29 is 9.47 Å². The second-order valence-corrected chi connectivity index (χ2v) is 3.93. The normalized spacial score (nSPS) is 17.6. The van der Waals surface area contributed by atoms with E-state index in [4.69, 9.17) is 9.47 Å². The molecular formula is C11H21NO2. The number of ether oxygens (including phenoxy) is 2. The fourth-order valence-electron chi connectivity index (χ4n) is 1.76. The Balaban J connectivity index is 2.63. The van der Waals surface area contributed by atoms with E-state index in [0.717, 1.165) is 32.1 Å². The van der Waals surface area contributed by atoms with Gasteiger partial charge >= 0.3 is 0 Å². The summed E-state index contributed by atoms with van der Waals surface area (Å²) >= 11 is 0. The van der Waals surface area contributed by atoms with Crippen LogP contribution in [0.25, 0.3) is 0 Å². The second-order valence-electron chi connectivity index (χ2n) is 3.93. The maximum Gasteiger partial charge on any atom is 0.117 e. The van der Waals surface area contributed by atoms with Gasteiger partial charge in [-0.15, -0.1) is 0 Å². The zero-order valence-corrected chi connectivity index (χ0v) is 9.67. The lowest BCUT2D eigenvalue weighted by molar-refractivity contribution is 0.0906. The fourth-order valence-corrected chi connectivity index (χ4v) is 1.76. The quantitative estimate of drug-likeness (QED) is 0.689. The van der Waals surface area contributed by atoms with Crippen molar-refractivity contribution >= 4 is 0 Å². The minimum Gasteiger partial charge on any atom is -0.494 e. The van der Waals surface area contributed by atoms with Crippen molar-refractivity contribution in [3.8, 4) is 0 Å². The van der Waals surface area contributed by atoms with E-state index in [9.17, 15) is 0 Å². The van der Waals surface area contributed by atoms with Gasteiger partial charge in [-0.3, -0.25) is 0 Å². The van der Waals surface area contributed by atoms with Gasteiger partial charge in [0.25, 0.3) is 0 Å². The van der Waals surface area contributed by atoms with Gasteiger partial charge in [0.15, 0.2) is 0 Å². The van der Waals surface area contributed by atoms with Gasteiger partial charge in [-0.2, -0.15) is 0 Å². The van der Waals surface area contributed by atoms with Crippen LogP contribution >= 0.6 is 0 Å². The van der Waals surface area contributed by atoms with Gasteiger partial charge in [0.05, 0.1) is 13.2 Å². The van der Waals surface area contributed by atoms with Gasteiger partial charge in [-0.1, -0.05) is 13.8 Å². The Morgan fingerprint density at radius 2 is 2.21 bits per heavy atom. The average Bonchev–Trinajstić information content (AvgIpc) is 2.16. The number of hydrogen-bond acceptors (Lipinski definition) is 3. The first-order chi connectivity index (χ1) is 6.66. The van der Waals surface area contributed by atoms with Crippen LogP contribution in [0.3, 0.4) is 0 Å². The summed E-state index contributed by atoms with van der Waals surface area (Å²) in [4.78, 5) is 2.34. The summed E-state index contributed by atoms with van der Waals surface area (Å²) in [5, 5.41) is 0. The average molecular weight is 199 g/mol. The summed E-state index contributed by atoms with van der Waals surface area (Å²) in [5.74, 6) is 1.60. The fraction of sp³-hybridized carbons (Fsp3) is 0.818. The Bertz CT molecular complexity index is 211. The maximum absolute atomic E-state index is 5.66. The van der Waals surface area contributed by atoms with Crippen LogP contribution < -0.4 is 0 Å². The van der Waals surface area contributed by atoms with E-state index in [-0.39, 0.29) is 0 Å². The molecule has 0 spiro atoms. The molecule has 0 unspecified atom stereocenters. The van der Waals surface area contributed by atoms with Crippen LogP contribution in [0, 0.1) is 5.92 Å². The molecule has 0 fully saturated rings. The highest BCUT2D eigenvalue weighted by molar-refractivity contribution is 5.09. The molecule has 0 aromatic carbocycles. The highest BCUT2D eigenvalue weighted by Crippen LogP contribution is 2.22. The van der Waals surface area contributed by atoms with E-state index >= 15 is 0 Å². The van der Waals surface area contributed by atoms with Crippen LogP contribution in [0.1, 0.15) is 20.8 Å². The van der Waals surface area contributed by atoms with Crippen molar-refractivity contribution in [3.05, 3.63) is 11.5 Å². The van der Waals surface area contributed by atoms with Gasteiger partial charge in [0, 0.05) is 25.3 Å². The predicted octanol–water partition coefficient (Wildman–Crippen LogP) is 1.85. The molecule has 0 amide bonds. The molecule has 0 saturated heterocycles. The number of nitrogens with zero attached hydrogens (tertiary/aromatic N) is 1. The van der Waals surface area contributed by atoms with Gasteiger partial charge in [-0.05, 0) is 6.92 Å². The summed E-state index contributed by atoms with van der Waals surface area (Å²) < 4.78 is 10.7. The largest absolute Gasteiger partial charge is 0.494 e. The Labute approximate surface area is 86.7 Å². The van der Waals surface area contributed by atoms with Crippen LogP contribution in [0.4, 0.5) is 0 Å².